The molecule has 0 heterocycles. The highest BCUT2D eigenvalue weighted by Crippen LogP contribution is 2.06. The second-order valence-corrected chi connectivity index (χ2v) is 6.80. The van der Waals surface area contributed by atoms with Crippen LogP contribution in [0.15, 0.2) is 24.3 Å². The van der Waals surface area contributed by atoms with Crippen LogP contribution < -0.4 is 5.32 Å². The monoisotopic (exact) mass is 316 g/mol. The molecule has 0 bridgehead atoms. The zero-order chi connectivity index (χ0) is 15.9. The van der Waals surface area contributed by atoms with Gasteiger partial charge < -0.3 is 5.32 Å². The number of halogens is 1. The first-order chi connectivity index (χ1) is 9.84. The fourth-order valence-corrected chi connectivity index (χ4v) is 2.56. The van der Waals surface area contributed by atoms with Crippen molar-refractivity contribution in [1.82, 2.24) is 9.62 Å². The third kappa shape index (κ3) is 6.22. The zero-order valence-corrected chi connectivity index (χ0v) is 13.1. The van der Waals surface area contributed by atoms with E-state index >= 15 is 0 Å². The Morgan fingerprint density at radius 1 is 1.33 bits per heavy atom. The molecule has 0 fully saturated rings. The lowest BCUT2D eigenvalue weighted by Crippen LogP contribution is -2.40. The number of unbranched alkanes of at least 4 members (excludes halogenated alkanes) is 1. The van der Waals surface area contributed by atoms with Gasteiger partial charge in [0.2, 0.25) is 15.9 Å². The van der Waals surface area contributed by atoms with Crippen LogP contribution in [0.5, 0.6) is 0 Å². The van der Waals surface area contributed by atoms with Gasteiger partial charge in [0.25, 0.3) is 0 Å². The molecule has 1 amide bonds. The maximum absolute atomic E-state index is 13.4. The highest BCUT2D eigenvalue weighted by atomic mass is 32.2. The van der Waals surface area contributed by atoms with Gasteiger partial charge in [-0.05, 0) is 12.5 Å². The van der Waals surface area contributed by atoms with Crippen molar-refractivity contribution in [3.63, 3.8) is 0 Å². The molecule has 7 heteroatoms. The van der Waals surface area contributed by atoms with E-state index in [9.17, 15) is 17.6 Å². The van der Waals surface area contributed by atoms with Crippen molar-refractivity contribution in [1.29, 1.82) is 0 Å². The van der Waals surface area contributed by atoms with Crippen LogP contribution in [0.2, 0.25) is 0 Å². The number of nitrogens with one attached hydrogen (secondary N) is 1. The van der Waals surface area contributed by atoms with E-state index in [2.05, 4.69) is 5.32 Å². The van der Waals surface area contributed by atoms with Crippen LogP contribution in [0, 0.1) is 5.82 Å². The number of carbonyl (C=O) groups is 1. The summed E-state index contributed by atoms with van der Waals surface area (Å²) in [5, 5.41) is 2.53. The molecule has 0 radical (unpaired) electrons. The molecule has 0 unspecified atom stereocenters. The summed E-state index contributed by atoms with van der Waals surface area (Å²) in [7, 11) is -3.42. The fourth-order valence-electron chi connectivity index (χ4n) is 1.75. The van der Waals surface area contributed by atoms with Crippen LogP contribution in [-0.4, -0.2) is 38.0 Å². The first-order valence-electron chi connectivity index (χ1n) is 6.79. The highest BCUT2D eigenvalue weighted by Gasteiger charge is 2.19. The molecule has 1 rings (SSSR count). The number of amides is 1. The van der Waals surface area contributed by atoms with Gasteiger partial charge in [-0.25, -0.2) is 12.8 Å². The molecule has 1 N–H and O–H groups in total. The molecule has 0 saturated heterocycles. The van der Waals surface area contributed by atoms with E-state index in [1.54, 1.807) is 18.2 Å². The summed E-state index contributed by atoms with van der Waals surface area (Å²) in [6.07, 6.45) is 2.60. The Morgan fingerprint density at radius 3 is 2.57 bits per heavy atom. The molecule has 0 saturated carbocycles. The van der Waals surface area contributed by atoms with Gasteiger partial charge in [0, 0.05) is 18.7 Å². The van der Waals surface area contributed by atoms with Crippen molar-refractivity contribution in [3.05, 3.63) is 35.6 Å². The van der Waals surface area contributed by atoms with Crippen LogP contribution in [-0.2, 0) is 21.4 Å². The highest BCUT2D eigenvalue weighted by molar-refractivity contribution is 7.88. The van der Waals surface area contributed by atoms with Crippen molar-refractivity contribution in [2.45, 2.75) is 26.3 Å². The lowest BCUT2D eigenvalue weighted by Gasteiger charge is -2.19. The van der Waals surface area contributed by atoms with Crippen LogP contribution in [0.3, 0.4) is 0 Å². The Labute approximate surface area is 125 Å². The topological polar surface area (TPSA) is 66.5 Å². The number of carbonyl (C=O) groups excluding carboxylic acids is 1. The quantitative estimate of drug-likeness (QED) is 0.790. The van der Waals surface area contributed by atoms with Crippen molar-refractivity contribution in [3.8, 4) is 0 Å². The van der Waals surface area contributed by atoms with Gasteiger partial charge in [0.05, 0.1) is 12.8 Å². The van der Waals surface area contributed by atoms with Gasteiger partial charge >= 0.3 is 0 Å². The van der Waals surface area contributed by atoms with E-state index in [1.807, 2.05) is 6.92 Å². The summed E-state index contributed by atoms with van der Waals surface area (Å²) in [5.41, 5.74) is 0.366. The van der Waals surface area contributed by atoms with Gasteiger partial charge in [-0.15, -0.1) is 0 Å². The van der Waals surface area contributed by atoms with Crippen molar-refractivity contribution < 1.29 is 17.6 Å². The van der Waals surface area contributed by atoms with Crippen LogP contribution in [0.4, 0.5) is 4.39 Å². The number of rotatable bonds is 8. The second-order valence-electron chi connectivity index (χ2n) is 4.82. The lowest BCUT2D eigenvalue weighted by molar-refractivity contribution is -0.121. The standard InChI is InChI=1S/C14H21FN2O3S/c1-3-4-9-17(21(2,19)20)11-14(18)16-10-12-7-5-6-8-13(12)15/h5-8H,3-4,9-11H2,1-2H3,(H,16,18). The van der Waals surface area contributed by atoms with E-state index in [4.69, 9.17) is 0 Å². The molecular weight excluding hydrogens is 295 g/mol. The number of benzene rings is 1. The predicted octanol–water partition coefficient (Wildman–Crippen LogP) is 1.50. The summed E-state index contributed by atoms with van der Waals surface area (Å²) in [4.78, 5) is 11.8. The minimum atomic E-state index is -3.42. The second kappa shape index (κ2) is 8.09. The average molecular weight is 316 g/mol. The molecule has 5 nitrogen and oxygen atoms in total. The van der Waals surface area contributed by atoms with E-state index in [-0.39, 0.29) is 13.1 Å². The Morgan fingerprint density at radius 2 is 2.00 bits per heavy atom. The van der Waals surface area contributed by atoms with E-state index in [1.165, 1.54) is 6.07 Å². The summed E-state index contributed by atoms with van der Waals surface area (Å²) < 4.78 is 37.7. The molecule has 21 heavy (non-hydrogen) atoms. The third-order valence-electron chi connectivity index (χ3n) is 2.98. The first-order valence-corrected chi connectivity index (χ1v) is 8.64. The molecule has 0 aromatic heterocycles. The van der Waals surface area contributed by atoms with Crippen molar-refractivity contribution in [2.75, 3.05) is 19.3 Å². The van der Waals surface area contributed by atoms with Gasteiger partial charge in [0.15, 0.2) is 0 Å². The van der Waals surface area contributed by atoms with Crippen molar-refractivity contribution in [2.24, 2.45) is 0 Å². The van der Waals surface area contributed by atoms with E-state index in [0.717, 1.165) is 17.0 Å². The first kappa shape index (κ1) is 17.6. The van der Waals surface area contributed by atoms with E-state index in [0.29, 0.717) is 18.5 Å². The smallest absolute Gasteiger partial charge is 0.235 e. The fraction of sp³-hybridized carbons (Fsp3) is 0.500. The Kier molecular flexibility index (Phi) is 6.77. The molecule has 0 aliphatic heterocycles. The molecule has 0 aliphatic carbocycles. The Bertz CT molecular complexity index is 575. The summed E-state index contributed by atoms with van der Waals surface area (Å²) in [6.45, 7) is 2.05. The van der Waals surface area contributed by atoms with Crippen molar-refractivity contribution >= 4 is 15.9 Å². The number of hydrogen-bond donors (Lipinski definition) is 1. The van der Waals surface area contributed by atoms with E-state index < -0.39 is 21.7 Å². The predicted molar refractivity (Wildman–Crippen MR) is 79.6 cm³/mol. The van der Waals surface area contributed by atoms with Crippen LogP contribution in [0.1, 0.15) is 25.3 Å². The Hall–Kier alpha value is -1.47. The molecule has 0 aliphatic rings. The average Bonchev–Trinajstić information content (AvgIpc) is 2.41. The van der Waals surface area contributed by atoms with Gasteiger partial charge in [-0.2, -0.15) is 4.31 Å². The Balaban J connectivity index is 2.56. The van der Waals surface area contributed by atoms with Crippen LogP contribution >= 0.6 is 0 Å². The van der Waals surface area contributed by atoms with Gasteiger partial charge in [-0.1, -0.05) is 31.5 Å². The summed E-state index contributed by atoms with van der Waals surface area (Å²) in [6, 6.07) is 6.12. The molecular formula is C14H21FN2O3S. The van der Waals surface area contributed by atoms with Gasteiger partial charge in [0.1, 0.15) is 5.82 Å². The largest absolute Gasteiger partial charge is 0.351 e. The molecule has 1 aromatic carbocycles. The molecule has 0 atom stereocenters. The summed E-state index contributed by atoms with van der Waals surface area (Å²) in [5.74, 6) is -0.844. The number of nitrogens with zero attached hydrogens (tertiary/aromatic N) is 1. The van der Waals surface area contributed by atoms with Crippen LogP contribution in [0.25, 0.3) is 0 Å². The minimum absolute atomic E-state index is 0.0386. The third-order valence-corrected chi connectivity index (χ3v) is 4.23. The maximum Gasteiger partial charge on any atom is 0.235 e. The molecule has 1 aromatic rings. The minimum Gasteiger partial charge on any atom is -0.351 e. The summed E-state index contributed by atoms with van der Waals surface area (Å²) >= 11 is 0. The number of sulfonamides is 1. The number of hydrogen-bond acceptors (Lipinski definition) is 3. The molecule has 118 valence electrons. The SMILES string of the molecule is CCCCN(CC(=O)NCc1ccccc1F)S(C)(=O)=O. The molecule has 0 spiro atoms. The lowest BCUT2D eigenvalue weighted by atomic mass is 10.2. The normalized spacial score (nSPS) is 11.6. The maximum atomic E-state index is 13.4. The zero-order valence-electron chi connectivity index (χ0n) is 12.3. The van der Waals surface area contributed by atoms with Gasteiger partial charge in [-0.3, -0.25) is 4.79 Å².